The first-order valence-electron chi connectivity index (χ1n) is 5.48. The summed E-state index contributed by atoms with van der Waals surface area (Å²) in [6.07, 6.45) is 0. The zero-order chi connectivity index (χ0) is 16.4. The number of hydrogen-bond donors (Lipinski definition) is 2. The summed E-state index contributed by atoms with van der Waals surface area (Å²) in [5.74, 6) is -3.66. The van der Waals surface area contributed by atoms with Gasteiger partial charge in [-0.25, -0.2) is 22.3 Å². The first-order valence-corrected chi connectivity index (χ1v) is 7.34. The maximum absolute atomic E-state index is 13.9. The SMILES string of the molecule is CN(C)C(=O)CNS(=O)(=O)c1cc(Cl)cc(C(=O)O)c1F. The molecule has 0 atom stereocenters. The van der Waals surface area contributed by atoms with Crippen LogP contribution in [0.15, 0.2) is 17.0 Å². The number of carbonyl (C=O) groups excluding carboxylic acids is 1. The molecule has 0 saturated heterocycles. The molecule has 0 bridgehead atoms. The summed E-state index contributed by atoms with van der Waals surface area (Å²) < 4.78 is 39.7. The van der Waals surface area contributed by atoms with E-state index in [0.29, 0.717) is 0 Å². The molecule has 7 nitrogen and oxygen atoms in total. The Morgan fingerprint density at radius 2 is 1.95 bits per heavy atom. The van der Waals surface area contributed by atoms with E-state index in [2.05, 4.69) is 0 Å². The molecule has 116 valence electrons. The minimum Gasteiger partial charge on any atom is -0.478 e. The fourth-order valence-electron chi connectivity index (χ4n) is 1.31. The monoisotopic (exact) mass is 338 g/mol. The number of halogens is 2. The number of nitrogens with one attached hydrogen (secondary N) is 1. The predicted octanol–water partition coefficient (Wildman–Crippen LogP) is 0.544. The van der Waals surface area contributed by atoms with Gasteiger partial charge < -0.3 is 10.0 Å². The van der Waals surface area contributed by atoms with Crippen LogP contribution in [0.5, 0.6) is 0 Å². The van der Waals surface area contributed by atoms with Crippen molar-refractivity contribution in [1.29, 1.82) is 0 Å². The molecule has 0 aliphatic carbocycles. The molecule has 0 aromatic heterocycles. The van der Waals surface area contributed by atoms with Gasteiger partial charge in [-0.2, -0.15) is 0 Å². The molecule has 0 saturated carbocycles. The van der Waals surface area contributed by atoms with E-state index in [9.17, 15) is 22.4 Å². The Bertz CT molecular complexity index is 690. The van der Waals surface area contributed by atoms with E-state index in [1.165, 1.54) is 14.1 Å². The van der Waals surface area contributed by atoms with Crippen LogP contribution in [0.2, 0.25) is 5.02 Å². The Labute approximate surface area is 125 Å². The molecule has 0 heterocycles. The highest BCUT2D eigenvalue weighted by Gasteiger charge is 2.25. The molecular weight excluding hydrogens is 327 g/mol. The largest absolute Gasteiger partial charge is 0.478 e. The van der Waals surface area contributed by atoms with E-state index in [1.807, 2.05) is 4.72 Å². The smallest absolute Gasteiger partial charge is 0.338 e. The highest BCUT2D eigenvalue weighted by Crippen LogP contribution is 2.23. The fourth-order valence-corrected chi connectivity index (χ4v) is 2.69. The van der Waals surface area contributed by atoms with Gasteiger partial charge >= 0.3 is 5.97 Å². The van der Waals surface area contributed by atoms with Crippen molar-refractivity contribution in [1.82, 2.24) is 9.62 Å². The van der Waals surface area contributed by atoms with Gasteiger partial charge in [0, 0.05) is 19.1 Å². The van der Waals surface area contributed by atoms with Gasteiger partial charge in [-0.15, -0.1) is 0 Å². The van der Waals surface area contributed by atoms with Gasteiger partial charge in [0.25, 0.3) is 0 Å². The van der Waals surface area contributed by atoms with Crippen LogP contribution in [0.4, 0.5) is 4.39 Å². The van der Waals surface area contributed by atoms with Crippen molar-refractivity contribution in [2.75, 3.05) is 20.6 Å². The zero-order valence-electron chi connectivity index (χ0n) is 11.1. The molecule has 21 heavy (non-hydrogen) atoms. The number of carbonyl (C=O) groups is 2. The third-order valence-corrected chi connectivity index (χ3v) is 4.05. The fraction of sp³-hybridized carbons (Fsp3) is 0.273. The van der Waals surface area contributed by atoms with Gasteiger partial charge in [-0.1, -0.05) is 11.6 Å². The molecule has 1 aromatic carbocycles. The lowest BCUT2D eigenvalue weighted by Crippen LogP contribution is -2.36. The van der Waals surface area contributed by atoms with Crippen LogP contribution in [0.3, 0.4) is 0 Å². The number of likely N-dealkylation sites (N-methyl/N-ethyl adjacent to an activating group) is 1. The van der Waals surface area contributed by atoms with Gasteiger partial charge in [0.15, 0.2) is 5.82 Å². The van der Waals surface area contributed by atoms with Crippen LogP contribution in [0.25, 0.3) is 0 Å². The number of carboxylic acid groups (broad SMARTS) is 1. The summed E-state index contributed by atoms with van der Waals surface area (Å²) in [7, 11) is -1.59. The van der Waals surface area contributed by atoms with Crippen LogP contribution >= 0.6 is 11.6 Å². The normalized spacial score (nSPS) is 11.2. The standard InChI is InChI=1S/C11H12ClFN2O5S/c1-15(2)9(16)5-14-21(19,20)8-4-6(12)3-7(10(8)13)11(17)18/h3-4,14H,5H2,1-2H3,(H,17,18). The van der Waals surface area contributed by atoms with Crippen LogP contribution in [-0.4, -0.2) is 50.9 Å². The lowest BCUT2D eigenvalue weighted by Gasteiger charge is -2.12. The zero-order valence-corrected chi connectivity index (χ0v) is 12.6. The maximum Gasteiger partial charge on any atom is 0.338 e. The molecule has 0 radical (unpaired) electrons. The average molecular weight is 339 g/mol. The third-order valence-electron chi connectivity index (χ3n) is 2.44. The summed E-state index contributed by atoms with van der Waals surface area (Å²) in [6, 6.07) is 1.56. The number of amides is 1. The van der Waals surface area contributed by atoms with Gasteiger partial charge in [-0.3, -0.25) is 4.79 Å². The van der Waals surface area contributed by atoms with E-state index in [-0.39, 0.29) is 5.02 Å². The molecule has 1 aromatic rings. The summed E-state index contributed by atoms with van der Waals surface area (Å²) in [6.45, 7) is -0.594. The molecule has 0 spiro atoms. The van der Waals surface area contributed by atoms with Gasteiger partial charge in [0.1, 0.15) is 4.90 Å². The lowest BCUT2D eigenvalue weighted by molar-refractivity contribution is -0.127. The number of aromatic carboxylic acids is 1. The van der Waals surface area contributed by atoms with Crippen molar-refractivity contribution >= 4 is 33.5 Å². The molecule has 2 N–H and O–H groups in total. The minimum atomic E-state index is -4.42. The van der Waals surface area contributed by atoms with E-state index in [0.717, 1.165) is 17.0 Å². The Morgan fingerprint density at radius 1 is 1.38 bits per heavy atom. The summed E-state index contributed by atoms with van der Waals surface area (Å²) in [5.41, 5.74) is -0.873. The van der Waals surface area contributed by atoms with E-state index in [4.69, 9.17) is 16.7 Å². The Balaban J connectivity index is 3.20. The number of carboxylic acids is 1. The lowest BCUT2D eigenvalue weighted by atomic mass is 10.2. The van der Waals surface area contributed by atoms with Gasteiger partial charge in [0.05, 0.1) is 12.1 Å². The topological polar surface area (TPSA) is 104 Å². The van der Waals surface area contributed by atoms with Crippen molar-refractivity contribution in [3.8, 4) is 0 Å². The second kappa shape index (κ2) is 6.37. The summed E-state index contributed by atoms with van der Waals surface area (Å²) in [5, 5.41) is 8.54. The molecule has 0 aliphatic heterocycles. The molecular formula is C11H12ClFN2O5S. The quantitative estimate of drug-likeness (QED) is 0.815. The summed E-state index contributed by atoms with van der Waals surface area (Å²) in [4.78, 5) is 22.4. The molecule has 0 unspecified atom stereocenters. The number of hydrogen-bond acceptors (Lipinski definition) is 4. The van der Waals surface area contributed by atoms with Crippen molar-refractivity contribution in [3.05, 3.63) is 28.5 Å². The Kier molecular flexibility index (Phi) is 5.26. The van der Waals surface area contributed by atoms with Crippen molar-refractivity contribution in [3.63, 3.8) is 0 Å². The highest BCUT2D eigenvalue weighted by molar-refractivity contribution is 7.89. The van der Waals surface area contributed by atoms with Gasteiger partial charge in [0.2, 0.25) is 15.9 Å². The Hall–Kier alpha value is -1.71. The van der Waals surface area contributed by atoms with Crippen LogP contribution in [0, 0.1) is 5.82 Å². The van der Waals surface area contributed by atoms with E-state index >= 15 is 0 Å². The van der Waals surface area contributed by atoms with Crippen molar-refractivity contribution in [2.24, 2.45) is 0 Å². The number of benzene rings is 1. The van der Waals surface area contributed by atoms with E-state index in [1.54, 1.807) is 0 Å². The predicted molar refractivity (Wildman–Crippen MR) is 72.3 cm³/mol. The number of sulfonamides is 1. The molecule has 1 amide bonds. The van der Waals surface area contributed by atoms with E-state index < -0.39 is 44.7 Å². The van der Waals surface area contributed by atoms with Crippen molar-refractivity contribution < 1.29 is 27.5 Å². The highest BCUT2D eigenvalue weighted by atomic mass is 35.5. The Morgan fingerprint density at radius 3 is 2.43 bits per heavy atom. The second-order valence-corrected chi connectivity index (χ2v) is 6.36. The van der Waals surface area contributed by atoms with Gasteiger partial charge in [-0.05, 0) is 12.1 Å². The number of rotatable bonds is 5. The minimum absolute atomic E-state index is 0.256. The second-order valence-electron chi connectivity index (χ2n) is 4.18. The van der Waals surface area contributed by atoms with Crippen LogP contribution < -0.4 is 4.72 Å². The maximum atomic E-state index is 13.9. The first kappa shape index (κ1) is 17.3. The molecule has 10 heteroatoms. The molecule has 0 fully saturated rings. The summed E-state index contributed by atoms with van der Waals surface area (Å²) >= 11 is 5.59. The van der Waals surface area contributed by atoms with Crippen molar-refractivity contribution in [2.45, 2.75) is 4.90 Å². The molecule has 1 rings (SSSR count). The van der Waals surface area contributed by atoms with Crippen LogP contribution in [0.1, 0.15) is 10.4 Å². The molecule has 0 aliphatic rings. The number of nitrogens with zero attached hydrogens (tertiary/aromatic N) is 1. The van der Waals surface area contributed by atoms with Crippen LogP contribution in [-0.2, 0) is 14.8 Å². The average Bonchev–Trinajstić information content (AvgIpc) is 2.37. The third kappa shape index (κ3) is 4.13. The first-order chi connectivity index (χ1) is 9.56.